The van der Waals surface area contributed by atoms with Crippen molar-refractivity contribution in [3.63, 3.8) is 0 Å². The summed E-state index contributed by atoms with van der Waals surface area (Å²) in [5.74, 6) is 1.42. The summed E-state index contributed by atoms with van der Waals surface area (Å²) in [6.07, 6.45) is 2.12. The minimum atomic E-state index is -0.105. The highest BCUT2D eigenvalue weighted by Crippen LogP contribution is 2.36. The third-order valence-corrected chi connectivity index (χ3v) is 4.26. The van der Waals surface area contributed by atoms with E-state index in [1.807, 2.05) is 12.1 Å². The van der Waals surface area contributed by atoms with Gasteiger partial charge in [0.25, 0.3) is 0 Å². The lowest BCUT2D eigenvalue weighted by molar-refractivity contribution is 0.342. The summed E-state index contributed by atoms with van der Waals surface area (Å²) in [5, 5.41) is 4.14. The van der Waals surface area contributed by atoms with Crippen molar-refractivity contribution in [1.82, 2.24) is 10.1 Å². The molecule has 0 amide bonds. The summed E-state index contributed by atoms with van der Waals surface area (Å²) in [7, 11) is 0. The van der Waals surface area contributed by atoms with Gasteiger partial charge in [0, 0.05) is 23.3 Å². The molecular weight excluding hydrogens is 276 g/mol. The second-order valence-corrected chi connectivity index (χ2v) is 7.02. The Hall–Kier alpha value is -2.04. The molecule has 2 heterocycles. The van der Waals surface area contributed by atoms with Gasteiger partial charge in [-0.25, -0.2) is 0 Å². The van der Waals surface area contributed by atoms with Gasteiger partial charge in [-0.2, -0.15) is 4.98 Å². The number of rotatable bonds is 2. The Bertz CT molecular complexity index is 672. The van der Waals surface area contributed by atoms with E-state index in [1.54, 1.807) is 0 Å². The van der Waals surface area contributed by atoms with Gasteiger partial charge < -0.3 is 15.2 Å². The summed E-state index contributed by atoms with van der Waals surface area (Å²) in [5.41, 5.74) is 9.31. The van der Waals surface area contributed by atoms with E-state index in [1.165, 1.54) is 11.3 Å². The van der Waals surface area contributed by atoms with E-state index in [-0.39, 0.29) is 11.5 Å². The molecule has 1 aromatic heterocycles. The predicted octanol–water partition coefficient (Wildman–Crippen LogP) is 3.46. The van der Waals surface area contributed by atoms with Crippen LogP contribution in [0.25, 0.3) is 0 Å². The molecule has 5 heteroatoms. The van der Waals surface area contributed by atoms with Gasteiger partial charge in [-0.05, 0) is 37.5 Å². The van der Waals surface area contributed by atoms with Gasteiger partial charge in [-0.15, -0.1) is 0 Å². The highest BCUT2D eigenvalue weighted by atomic mass is 16.5. The number of aromatic nitrogens is 2. The maximum atomic E-state index is 6.13. The van der Waals surface area contributed by atoms with E-state index in [0.717, 1.165) is 30.9 Å². The number of nitrogen functional groups attached to an aromatic ring is 1. The smallest absolute Gasteiger partial charge is 0.249 e. The van der Waals surface area contributed by atoms with E-state index in [4.69, 9.17) is 10.3 Å². The van der Waals surface area contributed by atoms with E-state index >= 15 is 0 Å². The molecule has 22 heavy (non-hydrogen) atoms. The van der Waals surface area contributed by atoms with Crippen LogP contribution in [0.5, 0.6) is 0 Å². The van der Waals surface area contributed by atoms with Gasteiger partial charge in [0.05, 0.1) is 0 Å². The van der Waals surface area contributed by atoms with Crippen LogP contribution < -0.4 is 10.6 Å². The number of nitrogens with zero attached hydrogens (tertiary/aromatic N) is 3. The molecule has 1 aliphatic rings. The lowest BCUT2D eigenvalue weighted by atomic mass is 9.96. The number of fused-ring (bicyclic) bond motifs is 1. The average Bonchev–Trinajstić information content (AvgIpc) is 2.96. The Morgan fingerprint density at radius 2 is 2.09 bits per heavy atom. The zero-order valence-corrected chi connectivity index (χ0v) is 13.8. The zero-order valence-electron chi connectivity index (χ0n) is 13.8. The van der Waals surface area contributed by atoms with Crippen LogP contribution in [0.15, 0.2) is 22.7 Å². The Balaban J connectivity index is 1.92. The Morgan fingerprint density at radius 1 is 1.32 bits per heavy atom. The molecule has 0 radical (unpaired) electrons. The molecule has 0 saturated carbocycles. The fraction of sp³-hybridized carbons (Fsp3) is 0.529. The van der Waals surface area contributed by atoms with Crippen LogP contribution in [-0.2, 0) is 11.8 Å². The van der Waals surface area contributed by atoms with E-state index in [2.05, 4.69) is 48.8 Å². The van der Waals surface area contributed by atoms with Crippen molar-refractivity contribution in [2.45, 2.75) is 52.0 Å². The van der Waals surface area contributed by atoms with Crippen LogP contribution in [0.3, 0.4) is 0 Å². The summed E-state index contributed by atoms with van der Waals surface area (Å²) < 4.78 is 5.52. The first-order valence-electron chi connectivity index (χ1n) is 7.86. The number of anilines is 2. The first-order valence-corrected chi connectivity index (χ1v) is 7.86. The lowest BCUT2D eigenvalue weighted by Gasteiger charge is -2.35. The molecule has 2 N–H and O–H groups in total. The number of hydrogen-bond acceptors (Lipinski definition) is 5. The van der Waals surface area contributed by atoms with Gasteiger partial charge in [-0.1, -0.05) is 32.0 Å². The predicted molar refractivity (Wildman–Crippen MR) is 87.9 cm³/mol. The second-order valence-electron chi connectivity index (χ2n) is 7.02. The van der Waals surface area contributed by atoms with Crippen molar-refractivity contribution in [2.24, 2.45) is 0 Å². The minimum Gasteiger partial charge on any atom is -0.398 e. The van der Waals surface area contributed by atoms with Gasteiger partial charge in [0.15, 0.2) is 5.82 Å². The van der Waals surface area contributed by atoms with Crippen molar-refractivity contribution >= 4 is 11.4 Å². The quantitative estimate of drug-likeness (QED) is 0.860. The highest BCUT2D eigenvalue weighted by molar-refractivity contribution is 5.66. The Kier molecular flexibility index (Phi) is 3.59. The third kappa shape index (κ3) is 2.56. The molecule has 0 saturated heterocycles. The second kappa shape index (κ2) is 5.30. The molecule has 1 aromatic carbocycles. The third-order valence-electron chi connectivity index (χ3n) is 4.26. The number of hydrogen-bond donors (Lipinski definition) is 1. The molecule has 1 atom stereocenters. The van der Waals surface area contributed by atoms with E-state index in [0.29, 0.717) is 5.89 Å². The van der Waals surface area contributed by atoms with Gasteiger partial charge in [-0.3, -0.25) is 0 Å². The topological polar surface area (TPSA) is 68.2 Å². The largest absolute Gasteiger partial charge is 0.398 e. The lowest BCUT2D eigenvalue weighted by Crippen LogP contribution is -2.32. The molecular formula is C17H24N4O. The van der Waals surface area contributed by atoms with Crippen molar-refractivity contribution < 1.29 is 4.52 Å². The van der Waals surface area contributed by atoms with E-state index in [9.17, 15) is 0 Å². The molecule has 0 bridgehead atoms. The van der Waals surface area contributed by atoms with E-state index < -0.39 is 0 Å². The fourth-order valence-electron chi connectivity index (χ4n) is 2.93. The standard InChI is InChI=1S/C17H24N4O/c1-11(15-19-16(20-22-15)17(2,3)4)21-10-6-7-12-13(18)8-5-9-14(12)21/h5,8-9,11H,6-7,10,18H2,1-4H3. The van der Waals surface area contributed by atoms with Crippen LogP contribution in [0.2, 0.25) is 0 Å². The van der Waals surface area contributed by atoms with Gasteiger partial charge in [0.1, 0.15) is 6.04 Å². The first kappa shape index (κ1) is 14.9. The van der Waals surface area contributed by atoms with Crippen molar-refractivity contribution in [3.8, 4) is 0 Å². The minimum absolute atomic E-state index is 0.0458. The summed E-state index contributed by atoms with van der Waals surface area (Å²) >= 11 is 0. The van der Waals surface area contributed by atoms with Crippen molar-refractivity contribution in [2.75, 3.05) is 17.2 Å². The Labute approximate surface area is 131 Å². The van der Waals surface area contributed by atoms with Crippen LogP contribution in [-0.4, -0.2) is 16.7 Å². The number of benzene rings is 1. The molecule has 0 spiro atoms. The molecule has 0 aliphatic carbocycles. The fourth-order valence-corrected chi connectivity index (χ4v) is 2.93. The van der Waals surface area contributed by atoms with Gasteiger partial charge in [0.2, 0.25) is 5.89 Å². The van der Waals surface area contributed by atoms with Crippen LogP contribution in [0.1, 0.15) is 57.4 Å². The SMILES string of the molecule is CC(c1nc(C(C)(C)C)no1)N1CCCc2c(N)cccc21. The van der Waals surface area contributed by atoms with Crippen LogP contribution in [0, 0.1) is 0 Å². The zero-order chi connectivity index (χ0) is 15.9. The summed E-state index contributed by atoms with van der Waals surface area (Å²) in [4.78, 5) is 6.92. The molecule has 5 nitrogen and oxygen atoms in total. The van der Waals surface area contributed by atoms with Crippen molar-refractivity contribution in [3.05, 3.63) is 35.5 Å². The molecule has 1 aliphatic heterocycles. The van der Waals surface area contributed by atoms with Gasteiger partial charge >= 0.3 is 0 Å². The Morgan fingerprint density at radius 3 is 2.77 bits per heavy atom. The molecule has 2 aromatic rings. The first-order chi connectivity index (χ1) is 10.4. The number of nitrogens with two attached hydrogens (primary N) is 1. The summed E-state index contributed by atoms with van der Waals surface area (Å²) in [6.45, 7) is 9.35. The van der Waals surface area contributed by atoms with Crippen molar-refractivity contribution in [1.29, 1.82) is 0 Å². The molecule has 0 fully saturated rings. The van der Waals surface area contributed by atoms with Crippen LogP contribution in [0.4, 0.5) is 11.4 Å². The molecule has 118 valence electrons. The maximum absolute atomic E-state index is 6.13. The highest BCUT2D eigenvalue weighted by Gasteiger charge is 2.29. The maximum Gasteiger partial charge on any atom is 0.249 e. The summed E-state index contributed by atoms with van der Waals surface area (Å²) in [6, 6.07) is 6.15. The average molecular weight is 300 g/mol. The molecule has 1 unspecified atom stereocenters. The van der Waals surface area contributed by atoms with Crippen LogP contribution >= 0.6 is 0 Å². The normalized spacial score (nSPS) is 16.5. The monoisotopic (exact) mass is 300 g/mol. The molecule has 3 rings (SSSR count).